The van der Waals surface area contributed by atoms with E-state index in [-0.39, 0.29) is 36.4 Å². The number of ketones is 1. The minimum atomic E-state index is -0.390. The molecule has 0 aliphatic carbocycles. The maximum absolute atomic E-state index is 12.9. The summed E-state index contributed by atoms with van der Waals surface area (Å²) in [6, 6.07) is 13.7. The summed E-state index contributed by atoms with van der Waals surface area (Å²) < 4.78 is 4.58. The Labute approximate surface area is 152 Å². The second kappa shape index (κ2) is 8.13. The fourth-order valence-corrected chi connectivity index (χ4v) is 3.47. The molecule has 0 spiro atoms. The maximum Gasteiger partial charge on any atom is 0.306 e. The van der Waals surface area contributed by atoms with Gasteiger partial charge in [-0.25, -0.2) is 0 Å². The van der Waals surface area contributed by atoms with E-state index in [0.717, 1.165) is 23.6 Å². The number of esters is 1. The number of amides is 1. The minimum absolute atomic E-state index is 0.0785. The van der Waals surface area contributed by atoms with Crippen LogP contribution in [0.15, 0.2) is 42.5 Å². The van der Waals surface area contributed by atoms with Gasteiger partial charge in [-0.1, -0.05) is 36.4 Å². The number of carbonyl (C=O) groups is 3. The van der Waals surface area contributed by atoms with Gasteiger partial charge in [-0.15, -0.1) is 0 Å². The van der Waals surface area contributed by atoms with Crippen LogP contribution in [0.25, 0.3) is 10.8 Å². The topological polar surface area (TPSA) is 63.7 Å². The molecule has 1 saturated heterocycles. The summed E-state index contributed by atoms with van der Waals surface area (Å²) in [6.07, 6.45) is 1.79. The fraction of sp³-hybridized carbons (Fsp3) is 0.381. The van der Waals surface area contributed by atoms with Crippen molar-refractivity contribution in [1.29, 1.82) is 0 Å². The Balaban J connectivity index is 1.67. The second-order valence-corrected chi connectivity index (χ2v) is 6.68. The zero-order valence-corrected chi connectivity index (χ0v) is 14.9. The van der Waals surface area contributed by atoms with Crippen molar-refractivity contribution in [3.05, 3.63) is 48.0 Å². The molecular weight excluding hydrogens is 330 g/mol. The van der Waals surface area contributed by atoms with Gasteiger partial charge in [0, 0.05) is 31.0 Å². The first kappa shape index (κ1) is 18.1. The van der Waals surface area contributed by atoms with Gasteiger partial charge in [0.2, 0.25) is 5.91 Å². The number of benzene rings is 2. The van der Waals surface area contributed by atoms with E-state index < -0.39 is 0 Å². The average molecular weight is 353 g/mol. The first-order valence-corrected chi connectivity index (χ1v) is 8.96. The molecule has 5 heteroatoms. The summed E-state index contributed by atoms with van der Waals surface area (Å²) in [7, 11) is 1.31. The van der Waals surface area contributed by atoms with Gasteiger partial charge in [-0.2, -0.15) is 0 Å². The zero-order valence-electron chi connectivity index (χ0n) is 14.9. The lowest BCUT2D eigenvalue weighted by molar-refractivity contribution is -0.144. The Morgan fingerprint density at radius 3 is 2.62 bits per heavy atom. The van der Waals surface area contributed by atoms with Crippen LogP contribution < -0.4 is 0 Å². The number of carbonyl (C=O) groups excluding carboxylic acids is 3. The van der Waals surface area contributed by atoms with Gasteiger partial charge in [-0.3, -0.25) is 14.4 Å². The number of piperidine rings is 1. The molecule has 0 N–H and O–H groups in total. The molecule has 1 fully saturated rings. The lowest BCUT2D eigenvalue weighted by Crippen LogP contribution is -2.42. The van der Waals surface area contributed by atoms with E-state index in [0.29, 0.717) is 18.7 Å². The summed E-state index contributed by atoms with van der Waals surface area (Å²) in [6.45, 7) is 1.06. The van der Waals surface area contributed by atoms with E-state index in [1.165, 1.54) is 7.11 Å². The summed E-state index contributed by atoms with van der Waals surface area (Å²) in [5, 5.41) is 2.15. The Kier molecular flexibility index (Phi) is 5.66. The summed E-state index contributed by atoms with van der Waals surface area (Å²) in [4.78, 5) is 38.1. The van der Waals surface area contributed by atoms with Crippen LogP contribution in [0, 0.1) is 5.92 Å². The molecule has 0 aromatic heterocycles. The molecule has 0 unspecified atom stereocenters. The third-order valence-electron chi connectivity index (χ3n) is 4.95. The minimum Gasteiger partial charge on any atom is -0.469 e. The van der Waals surface area contributed by atoms with E-state index >= 15 is 0 Å². The Morgan fingerprint density at radius 2 is 1.85 bits per heavy atom. The van der Waals surface area contributed by atoms with Gasteiger partial charge >= 0.3 is 5.97 Å². The van der Waals surface area contributed by atoms with Crippen LogP contribution in [0.5, 0.6) is 0 Å². The second-order valence-electron chi connectivity index (χ2n) is 6.68. The van der Waals surface area contributed by atoms with Gasteiger partial charge < -0.3 is 9.64 Å². The number of likely N-dealkylation sites (tertiary alicyclic amines) is 1. The van der Waals surface area contributed by atoms with Crippen LogP contribution in [0.2, 0.25) is 0 Å². The zero-order chi connectivity index (χ0) is 18.5. The number of hydrogen-bond acceptors (Lipinski definition) is 4. The number of hydrogen-bond donors (Lipinski definition) is 0. The number of ether oxygens (including phenoxy) is 1. The predicted octanol–water partition coefficient (Wildman–Crippen LogP) is 3.21. The van der Waals surface area contributed by atoms with Crippen molar-refractivity contribution >= 4 is 28.4 Å². The number of Topliss-reactive ketones (excluding diaryl/α,β-unsaturated/α-hetero) is 1. The first-order chi connectivity index (χ1) is 12.6. The van der Waals surface area contributed by atoms with Crippen molar-refractivity contribution in [3.63, 3.8) is 0 Å². The Hall–Kier alpha value is -2.69. The van der Waals surface area contributed by atoms with Crippen molar-refractivity contribution in [1.82, 2.24) is 4.90 Å². The quantitative estimate of drug-likeness (QED) is 0.612. The monoisotopic (exact) mass is 353 g/mol. The van der Waals surface area contributed by atoms with Crippen molar-refractivity contribution in [3.8, 4) is 0 Å². The number of rotatable bonds is 5. The normalized spacial score (nSPS) is 17.1. The first-order valence-electron chi connectivity index (χ1n) is 8.96. The highest BCUT2D eigenvalue weighted by Crippen LogP contribution is 2.24. The van der Waals surface area contributed by atoms with Crippen molar-refractivity contribution in [2.24, 2.45) is 5.92 Å². The van der Waals surface area contributed by atoms with E-state index in [1.54, 1.807) is 4.90 Å². The van der Waals surface area contributed by atoms with Crippen LogP contribution in [-0.4, -0.2) is 42.8 Å². The molecule has 136 valence electrons. The van der Waals surface area contributed by atoms with Crippen LogP contribution in [-0.2, 0) is 14.3 Å². The highest BCUT2D eigenvalue weighted by Gasteiger charge is 2.29. The molecule has 5 nitrogen and oxygen atoms in total. The summed E-state index contributed by atoms with van der Waals surface area (Å²) in [5.74, 6) is -0.584. The molecule has 2 aromatic carbocycles. The van der Waals surface area contributed by atoms with E-state index in [2.05, 4.69) is 4.74 Å². The molecule has 26 heavy (non-hydrogen) atoms. The van der Waals surface area contributed by atoms with Crippen LogP contribution >= 0.6 is 0 Å². The molecule has 0 saturated carbocycles. The lowest BCUT2D eigenvalue weighted by atomic mass is 9.89. The van der Waals surface area contributed by atoms with E-state index in [9.17, 15) is 14.4 Å². The molecule has 1 atom stereocenters. The summed E-state index contributed by atoms with van der Waals surface area (Å²) >= 11 is 0. The highest BCUT2D eigenvalue weighted by atomic mass is 16.5. The molecular formula is C21H23NO4. The molecule has 1 aliphatic heterocycles. The van der Waals surface area contributed by atoms with Crippen LogP contribution in [0.1, 0.15) is 36.0 Å². The van der Waals surface area contributed by atoms with Gasteiger partial charge in [-0.05, 0) is 29.7 Å². The molecule has 0 radical (unpaired) electrons. The standard InChI is InChI=1S/C21H23NO4/c1-26-20(24)11-10-19(23)22-12-4-7-18(14-22)21(25)17-9-8-15-5-2-3-6-16(15)13-17/h2-3,5-6,8-9,13,18H,4,7,10-12,14H2,1H3/t18-/m0/s1. The maximum atomic E-state index is 12.9. The van der Waals surface area contributed by atoms with Crippen molar-refractivity contribution in [2.75, 3.05) is 20.2 Å². The third-order valence-corrected chi connectivity index (χ3v) is 4.95. The van der Waals surface area contributed by atoms with Crippen LogP contribution in [0.4, 0.5) is 0 Å². The molecule has 3 rings (SSSR count). The fourth-order valence-electron chi connectivity index (χ4n) is 3.47. The number of nitrogens with zero attached hydrogens (tertiary/aromatic N) is 1. The number of methoxy groups -OCH3 is 1. The van der Waals surface area contributed by atoms with Crippen molar-refractivity contribution < 1.29 is 19.1 Å². The highest BCUT2D eigenvalue weighted by molar-refractivity contribution is 6.01. The number of fused-ring (bicyclic) bond motifs is 1. The van der Waals surface area contributed by atoms with Gasteiger partial charge in [0.25, 0.3) is 0 Å². The lowest BCUT2D eigenvalue weighted by Gasteiger charge is -2.32. The molecule has 0 bridgehead atoms. The largest absolute Gasteiger partial charge is 0.469 e. The average Bonchev–Trinajstić information content (AvgIpc) is 2.70. The molecule has 1 amide bonds. The Morgan fingerprint density at radius 1 is 1.08 bits per heavy atom. The van der Waals surface area contributed by atoms with Gasteiger partial charge in [0.1, 0.15) is 0 Å². The van der Waals surface area contributed by atoms with E-state index in [4.69, 9.17) is 0 Å². The molecule has 1 aliphatic rings. The SMILES string of the molecule is COC(=O)CCC(=O)N1CCC[C@H](C(=O)c2ccc3ccccc3c2)C1. The predicted molar refractivity (Wildman–Crippen MR) is 98.8 cm³/mol. The van der Waals surface area contributed by atoms with Gasteiger partial charge in [0.05, 0.1) is 13.5 Å². The Bertz CT molecular complexity index is 830. The van der Waals surface area contributed by atoms with E-state index in [1.807, 2.05) is 42.5 Å². The van der Waals surface area contributed by atoms with Crippen molar-refractivity contribution in [2.45, 2.75) is 25.7 Å². The molecule has 1 heterocycles. The van der Waals surface area contributed by atoms with Gasteiger partial charge in [0.15, 0.2) is 5.78 Å². The smallest absolute Gasteiger partial charge is 0.306 e. The third kappa shape index (κ3) is 4.10. The van der Waals surface area contributed by atoms with Crippen LogP contribution in [0.3, 0.4) is 0 Å². The summed E-state index contributed by atoms with van der Waals surface area (Å²) in [5.41, 5.74) is 0.692. The molecule has 2 aromatic rings.